The first-order chi connectivity index (χ1) is 11.2. The maximum absolute atomic E-state index is 11.8. The van der Waals surface area contributed by atoms with E-state index in [-0.39, 0.29) is 11.4 Å². The molecule has 3 nitrogen and oxygen atoms in total. The average molecular weight is 301 g/mol. The highest BCUT2D eigenvalue weighted by Gasteiger charge is 2.04. The number of hydrogen-bond donors (Lipinski definition) is 2. The van der Waals surface area contributed by atoms with E-state index in [9.17, 15) is 9.90 Å². The molecule has 3 heteroatoms. The zero-order valence-corrected chi connectivity index (χ0v) is 12.4. The van der Waals surface area contributed by atoms with Crippen LogP contribution in [0.5, 0.6) is 5.88 Å². The Morgan fingerprint density at radius 1 is 1.04 bits per heavy atom. The number of fused-ring (bicyclic) bond motifs is 2. The molecule has 23 heavy (non-hydrogen) atoms. The molecular formula is C20H15NO2. The van der Waals surface area contributed by atoms with Gasteiger partial charge in [-0.1, -0.05) is 54.6 Å². The van der Waals surface area contributed by atoms with Gasteiger partial charge >= 0.3 is 0 Å². The molecule has 2 aromatic carbocycles. The molecule has 112 valence electrons. The Morgan fingerprint density at radius 3 is 2.74 bits per heavy atom. The number of aromatic amines is 1. The van der Waals surface area contributed by atoms with Crippen LogP contribution in [-0.2, 0) is 0 Å². The van der Waals surface area contributed by atoms with Crippen LogP contribution in [0.15, 0.2) is 58.9 Å². The molecule has 0 bridgehead atoms. The molecule has 1 aromatic heterocycles. The molecule has 0 saturated carbocycles. The third kappa shape index (κ3) is 2.57. The number of aromatic hydroxyl groups is 1. The lowest BCUT2D eigenvalue weighted by molar-refractivity contribution is 0.450. The number of pyridine rings is 1. The predicted octanol–water partition coefficient (Wildman–Crippen LogP) is 2.28. The fourth-order valence-electron chi connectivity index (χ4n) is 3.00. The molecule has 0 fully saturated rings. The summed E-state index contributed by atoms with van der Waals surface area (Å²) in [4.78, 5) is 14.2. The fourth-order valence-corrected chi connectivity index (χ4v) is 3.00. The Kier molecular flexibility index (Phi) is 3.12. The van der Waals surface area contributed by atoms with Gasteiger partial charge in [0.15, 0.2) is 5.88 Å². The topological polar surface area (TPSA) is 53.1 Å². The van der Waals surface area contributed by atoms with Crippen LogP contribution in [0.3, 0.4) is 0 Å². The first kappa shape index (κ1) is 13.6. The van der Waals surface area contributed by atoms with Crippen molar-refractivity contribution in [3.8, 4) is 5.88 Å². The van der Waals surface area contributed by atoms with Crippen LogP contribution in [0.4, 0.5) is 0 Å². The van der Waals surface area contributed by atoms with Crippen LogP contribution in [0.25, 0.3) is 29.0 Å². The van der Waals surface area contributed by atoms with Crippen molar-refractivity contribution < 1.29 is 5.11 Å². The monoisotopic (exact) mass is 301 g/mol. The van der Waals surface area contributed by atoms with Crippen molar-refractivity contribution in [1.82, 2.24) is 4.98 Å². The van der Waals surface area contributed by atoms with Gasteiger partial charge < -0.3 is 5.11 Å². The van der Waals surface area contributed by atoms with Crippen LogP contribution in [0.2, 0.25) is 0 Å². The molecule has 1 heterocycles. The van der Waals surface area contributed by atoms with Crippen molar-refractivity contribution in [2.75, 3.05) is 0 Å². The van der Waals surface area contributed by atoms with Gasteiger partial charge in [0.25, 0.3) is 5.56 Å². The van der Waals surface area contributed by atoms with Gasteiger partial charge in [-0.25, -0.2) is 0 Å². The predicted molar refractivity (Wildman–Crippen MR) is 93.4 cm³/mol. The van der Waals surface area contributed by atoms with Gasteiger partial charge in [0.2, 0.25) is 0 Å². The number of nitrogens with one attached hydrogen (secondary N) is 1. The molecule has 0 saturated heterocycles. The number of aromatic nitrogens is 1. The highest BCUT2D eigenvalue weighted by molar-refractivity contribution is 5.85. The zero-order chi connectivity index (χ0) is 15.8. The Balaban J connectivity index is 1.82. The largest absolute Gasteiger partial charge is 0.494 e. The number of benzene rings is 2. The van der Waals surface area contributed by atoms with Crippen LogP contribution in [0.1, 0.15) is 12.0 Å². The minimum atomic E-state index is -0.249. The molecule has 0 aliphatic heterocycles. The molecule has 0 unspecified atom stereocenters. The van der Waals surface area contributed by atoms with Crippen molar-refractivity contribution in [3.05, 3.63) is 80.5 Å². The van der Waals surface area contributed by atoms with E-state index in [1.54, 1.807) is 6.07 Å². The van der Waals surface area contributed by atoms with E-state index in [1.165, 1.54) is 10.8 Å². The lowest BCUT2D eigenvalue weighted by Crippen LogP contribution is -2.41. The summed E-state index contributed by atoms with van der Waals surface area (Å²) in [7, 11) is 0. The SMILES string of the molecule is O=c1[nH]c(O)cc2c1=CCC(=Cc1ccc3ccccc3c1)C=2. The van der Waals surface area contributed by atoms with Crippen molar-refractivity contribution >= 4 is 29.0 Å². The second kappa shape index (κ2) is 5.29. The van der Waals surface area contributed by atoms with Crippen molar-refractivity contribution in [1.29, 1.82) is 0 Å². The van der Waals surface area contributed by atoms with Gasteiger partial charge in [0.1, 0.15) is 0 Å². The summed E-state index contributed by atoms with van der Waals surface area (Å²) < 4.78 is 0. The number of hydrogen-bond acceptors (Lipinski definition) is 2. The summed E-state index contributed by atoms with van der Waals surface area (Å²) in [5.41, 5.74) is 1.99. The van der Waals surface area contributed by atoms with Crippen LogP contribution in [-0.4, -0.2) is 10.1 Å². The standard InChI is InChI=1S/C20H15NO2/c22-19-12-17-11-14(6-8-18(17)20(23)21-19)9-13-5-7-15-3-1-2-4-16(15)10-13/h1-5,7-12,22H,6H2,(H,21,23). The summed E-state index contributed by atoms with van der Waals surface area (Å²) in [6.07, 6.45) is 6.68. The summed E-state index contributed by atoms with van der Waals surface area (Å²) in [6.45, 7) is 0. The molecule has 4 rings (SSSR count). The van der Waals surface area contributed by atoms with Crippen LogP contribution >= 0.6 is 0 Å². The first-order valence-electron chi connectivity index (χ1n) is 7.53. The number of H-pyrrole nitrogens is 1. The third-order valence-electron chi connectivity index (χ3n) is 4.10. The minimum Gasteiger partial charge on any atom is -0.494 e. The zero-order valence-electron chi connectivity index (χ0n) is 12.4. The van der Waals surface area contributed by atoms with Gasteiger partial charge in [0, 0.05) is 11.3 Å². The van der Waals surface area contributed by atoms with Gasteiger partial charge in [0.05, 0.1) is 0 Å². The Labute approximate surface area is 132 Å². The fraction of sp³-hybridized carbons (Fsp3) is 0.0500. The van der Waals surface area contributed by atoms with E-state index in [0.29, 0.717) is 11.6 Å². The van der Waals surface area contributed by atoms with E-state index in [0.717, 1.165) is 16.4 Å². The average Bonchev–Trinajstić information content (AvgIpc) is 2.54. The summed E-state index contributed by atoms with van der Waals surface area (Å²) >= 11 is 0. The summed E-state index contributed by atoms with van der Waals surface area (Å²) in [5, 5.41) is 13.4. The molecule has 0 atom stereocenters. The van der Waals surface area contributed by atoms with E-state index in [4.69, 9.17) is 0 Å². The summed E-state index contributed by atoms with van der Waals surface area (Å²) in [6, 6.07) is 16.2. The molecule has 0 spiro atoms. The van der Waals surface area contributed by atoms with E-state index >= 15 is 0 Å². The highest BCUT2D eigenvalue weighted by Crippen LogP contribution is 2.19. The number of rotatable bonds is 1. The second-order valence-electron chi connectivity index (χ2n) is 5.73. The third-order valence-corrected chi connectivity index (χ3v) is 4.10. The maximum atomic E-state index is 11.8. The Hall–Kier alpha value is -3.07. The number of allylic oxidation sites excluding steroid dienone is 1. The molecule has 1 aliphatic carbocycles. The van der Waals surface area contributed by atoms with Crippen LogP contribution < -0.4 is 16.0 Å². The second-order valence-corrected chi connectivity index (χ2v) is 5.73. The van der Waals surface area contributed by atoms with E-state index < -0.39 is 0 Å². The quantitative estimate of drug-likeness (QED) is 0.724. The lowest BCUT2D eigenvalue weighted by atomic mass is 10.00. The normalized spacial score (nSPS) is 15.0. The Bertz CT molecular complexity index is 1120. The molecular weight excluding hydrogens is 286 g/mol. The molecule has 2 N–H and O–H groups in total. The van der Waals surface area contributed by atoms with E-state index in [2.05, 4.69) is 41.4 Å². The Morgan fingerprint density at radius 2 is 1.87 bits per heavy atom. The molecule has 0 radical (unpaired) electrons. The van der Waals surface area contributed by atoms with Crippen molar-refractivity contribution in [3.63, 3.8) is 0 Å². The molecule has 1 aliphatic rings. The van der Waals surface area contributed by atoms with Crippen LogP contribution in [0, 0.1) is 0 Å². The van der Waals surface area contributed by atoms with Crippen molar-refractivity contribution in [2.24, 2.45) is 0 Å². The van der Waals surface area contributed by atoms with Gasteiger partial charge in [-0.2, -0.15) is 0 Å². The van der Waals surface area contributed by atoms with Gasteiger partial charge in [-0.05, 0) is 39.6 Å². The maximum Gasteiger partial charge on any atom is 0.258 e. The first-order valence-corrected chi connectivity index (χ1v) is 7.53. The molecule has 0 amide bonds. The van der Waals surface area contributed by atoms with Crippen molar-refractivity contribution in [2.45, 2.75) is 6.42 Å². The lowest BCUT2D eigenvalue weighted by Gasteiger charge is -2.06. The molecule has 3 aromatic rings. The smallest absolute Gasteiger partial charge is 0.258 e. The summed E-state index contributed by atoms with van der Waals surface area (Å²) in [5.74, 6) is -0.106. The highest BCUT2D eigenvalue weighted by atomic mass is 16.3. The van der Waals surface area contributed by atoms with E-state index in [1.807, 2.05) is 24.3 Å². The minimum absolute atomic E-state index is 0.106. The van der Waals surface area contributed by atoms with Gasteiger partial charge in [-0.15, -0.1) is 0 Å². The van der Waals surface area contributed by atoms with Gasteiger partial charge in [-0.3, -0.25) is 9.78 Å².